The summed E-state index contributed by atoms with van der Waals surface area (Å²) in [6.45, 7) is 3.58. The minimum atomic E-state index is -2.22. The molecule has 2 aromatic carbocycles. The fourth-order valence-electron chi connectivity index (χ4n) is 2.23. The molecular formula is C20H20O9. The van der Waals surface area contributed by atoms with Crippen molar-refractivity contribution in [2.75, 3.05) is 0 Å². The van der Waals surface area contributed by atoms with Gasteiger partial charge in [-0.1, -0.05) is 35.4 Å². The monoisotopic (exact) mass is 404 g/mol. The van der Waals surface area contributed by atoms with Crippen LogP contribution < -0.4 is 0 Å². The Bertz CT molecular complexity index is 810. The van der Waals surface area contributed by atoms with Crippen molar-refractivity contribution in [1.29, 1.82) is 0 Å². The normalized spacial score (nSPS) is 12.1. The van der Waals surface area contributed by atoms with Gasteiger partial charge in [-0.15, -0.1) is 0 Å². The summed E-state index contributed by atoms with van der Waals surface area (Å²) in [5, 5.41) is 18.6. The first kappa shape index (κ1) is 23.3. The number of ether oxygens (including phenoxy) is 2. The summed E-state index contributed by atoms with van der Waals surface area (Å²) in [5.41, 5.74) is 1.79. The van der Waals surface area contributed by atoms with Crippen LogP contribution in [0.25, 0.3) is 0 Å². The average Bonchev–Trinajstić information content (AvgIpc) is 2.64. The standard InChI is InChI=1S/C20H18O8.H2O/c1-11-3-7-13(8-4-11)19(25)27-15(17(21)22)16(18(23)24)28-20(26)14-9-5-12(2)6-10-14;/h3-10,15-16H,1-2H3,(H,21,22)(H,23,24);1H2/t15-,16+;. The molecule has 0 unspecified atom stereocenters. The molecule has 29 heavy (non-hydrogen) atoms. The smallest absolute Gasteiger partial charge is 0.349 e. The van der Waals surface area contributed by atoms with Crippen molar-refractivity contribution < 1.29 is 44.3 Å². The molecule has 0 fully saturated rings. The van der Waals surface area contributed by atoms with Crippen molar-refractivity contribution in [2.45, 2.75) is 26.1 Å². The van der Waals surface area contributed by atoms with Crippen LogP contribution in [0, 0.1) is 13.8 Å². The van der Waals surface area contributed by atoms with Crippen LogP contribution in [0.2, 0.25) is 0 Å². The molecule has 0 aromatic heterocycles. The lowest BCUT2D eigenvalue weighted by Gasteiger charge is -2.21. The second kappa shape index (κ2) is 10.00. The molecule has 0 spiro atoms. The van der Waals surface area contributed by atoms with Crippen LogP contribution in [0.15, 0.2) is 48.5 Å². The van der Waals surface area contributed by atoms with Gasteiger partial charge in [-0.25, -0.2) is 19.2 Å². The number of esters is 2. The molecular weight excluding hydrogens is 384 g/mol. The van der Waals surface area contributed by atoms with Gasteiger partial charge in [0, 0.05) is 0 Å². The molecule has 0 aliphatic carbocycles. The van der Waals surface area contributed by atoms with E-state index in [1.807, 2.05) is 0 Å². The average molecular weight is 404 g/mol. The largest absolute Gasteiger partial charge is 0.478 e. The predicted octanol–water partition coefficient (Wildman–Crippen LogP) is 1.40. The lowest BCUT2D eigenvalue weighted by molar-refractivity contribution is -0.166. The van der Waals surface area contributed by atoms with Gasteiger partial charge in [-0.05, 0) is 38.1 Å². The highest BCUT2D eigenvalue weighted by Gasteiger charge is 2.41. The molecule has 0 saturated carbocycles. The van der Waals surface area contributed by atoms with E-state index in [1.54, 1.807) is 38.1 Å². The van der Waals surface area contributed by atoms with E-state index in [0.29, 0.717) is 0 Å². The fraction of sp³-hybridized carbons (Fsp3) is 0.200. The molecule has 9 nitrogen and oxygen atoms in total. The number of carboxylic acid groups (broad SMARTS) is 2. The first-order valence-electron chi connectivity index (χ1n) is 8.20. The fourth-order valence-corrected chi connectivity index (χ4v) is 2.23. The highest BCUT2D eigenvalue weighted by molar-refractivity contribution is 5.95. The summed E-state index contributed by atoms with van der Waals surface area (Å²) in [6, 6.07) is 12.1. The highest BCUT2D eigenvalue weighted by atomic mass is 16.6. The van der Waals surface area contributed by atoms with Gasteiger partial charge in [0.25, 0.3) is 0 Å². The third-order valence-corrected chi connectivity index (χ3v) is 3.80. The van der Waals surface area contributed by atoms with E-state index in [9.17, 15) is 29.4 Å². The van der Waals surface area contributed by atoms with E-state index in [2.05, 4.69) is 0 Å². The van der Waals surface area contributed by atoms with Crippen molar-refractivity contribution in [3.63, 3.8) is 0 Å². The molecule has 0 aliphatic heterocycles. The third kappa shape index (κ3) is 6.15. The Kier molecular flexibility index (Phi) is 8.04. The Morgan fingerprint density at radius 3 is 1.17 bits per heavy atom. The van der Waals surface area contributed by atoms with Crippen LogP contribution in [-0.4, -0.2) is 51.8 Å². The van der Waals surface area contributed by atoms with Gasteiger partial charge < -0.3 is 25.2 Å². The third-order valence-electron chi connectivity index (χ3n) is 3.80. The number of carbonyl (C=O) groups is 4. The van der Waals surface area contributed by atoms with Crippen LogP contribution in [0.1, 0.15) is 31.8 Å². The van der Waals surface area contributed by atoms with E-state index < -0.39 is 36.1 Å². The topological polar surface area (TPSA) is 159 Å². The second-order valence-electron chi connectivity index (χ2n) is 6.06. The maximum Gasteiger partial charge on any atom is 0.349 e. The van der Waals surface area contributed by atoms with Gasteiger partial charge in [-0.2, -0.15) is 0 Å². The van der Waals surface area contributed by atoms with Gasteiger partial charge in [0.1, 0.15) is 0 Å². The number of aliphatic carboxylic acids is 2. The molecule has 2 atom stereocenters. The van der Waals surface area contributed by atoms with Crippen LogP contribution in [-0.2, 0) is 19.1 Å². The van der Waals surface area contributed by atoms with Crippen LogP contribution >= 0.6 is 0 Å². The van der Waals surface area contributed by atoms with Crippen molar-refractivity contribution in [3.05, 3.63) is 70.8 Å². The molecule has 4 N–H and O–H groups in total. The number of aryl methyl sites for hydroxylation is 2. The zero-order chi connectivity index (χ0) is 20.8. The first-order chi connectivity index (χ1) is 13.2. The molecule has 0 saturated heterocycles. The number of benzene rings is 2. The van der Waals surface area contributed by atoms with Gasteiger partial charge >= 0.3 is 23.9 Å². The Morgan fingerprint density at radius 1 is 0.655 bits per heavy atom. The molecule has 0 bridgehead atoms. The molecule has 0 aliphatic rings. The van der Waals surface area contributed by atoms with Gasteiger partial charge in [-0.3, -0.25) is 0 Å². The Morgan fingerprint density at radius 2 is 0.931 bits per heavy atom. The van der Waals surface area contributed by atoms with Gasteiger partial charge in [0.05, 0.1) is 11.1 Å². The summed E-state index contributed by atoms with van der Waals surface area (Å²) < 4.78 is 9.64. The molecule has 2 aromatic rings. The number of carbonyl (C=O) groups excluding carboxylic acids is 2. The molecule has 0 amide bonds. The Hall–Kier alpha value is -3.72. The SMILES string of the molecule is Cc1ccc(C(=O)O[C@H](C(=O)O)[C@@H](OC(=O)c2ccc(C)cc2)C(=O)O)cc1.O. The minimum absolute atomic E-state index is 0. The second-order valence-corrected chi connectivity index (χ2v) is 6.06. The van der Waals surface area contributed by atoms with Crippen molar-refractivity contribution in [2.24, 2.45) is 0 Å². The summed E-state index contributed by atoms with van der Waals surface area (Å²) in [5.74, 6) is -5.62. The van der Waals surface area contributed by atoms with E-state index >= 15 is 0 Å². The van der Waals surface area contributed by atoms with Crippen LogP contribution in [0.4, 0.5) is 0 Å². The number of carboxylic acids is 2. The Labute approximate surface area is 165 Å². The van der Waals surface area contributed by atoms with Crippen LogP contribution in [0.3, 0.4) is 0 Å². The van der Waals surface area contributed by atoms with Crippen molar-refractivity contribution in [3.8, 4) is 0 Å². The van der Waals surface area contributed by atoms with E-state index in [-0.39, 0.29) is 16.6 Å². The summed E-state index contributed by atoms with van der Waals surface area (Å²) >= 11 is 0. The molecule has 9 heteroatoms. The lowest BCUT2D eigenvalue weighted by Crippen LogP contribution is -2.45. The zero-order valence-electron chi connectivity index (χ0n) is 15.6. The van der Waals surface area contributed by atoms with Gasteiger partial charge in [0.15, 0.2) is 0 Å². The maximum absolute atomic E-state index is 12.2. The molecule has 2 rings (SSSR count). The quantitative estimate of drug-likeness (QED) is 0.655. The van der Waals surface area contributed by atoms with Crippen molar-refractivity contribution >= 4 is 23.9 Å². The van der Waals surface area contributed by atoms with E-state index in [0.717, 1.165) is 11.1 Å². The van der Waals surface area contributed by atoms with Gasteiger partial charge in [0.2, 0.25) is 12.2 Å². The summed E-state index contributed by atoms with van der Waals surface area (Å²) in [6.07, 6.45) is -4.44. The Balaban J connectivity index is 0.00000420. The molecule has 0 radical (unpaired) electrons. The summed E-state index contributed by atoms with van der Waals surface area (Å²) in [4.78, 5) is 47.3. The number of hydrogen-bond acceptors (Lipinski definition) is 6. The maximum atomic E-state index is 12.2. The highest BCUT2D eigenvalue weighted by Crippen LogP contribution is 2.14. The van der Waals surface area contributed by atoms with E-state index in [1.165, 1.54) is 24.3 Å². The molecule has 154 valence electrons. The number of rotatable bonds is 7. The van der Waals surface area contributed by atoms with Crippen molar-refractivity contribution in [1.82, 2.24) is 0 Å². The van der Waals surface area contributed by atoms with E-state index in [4.69, 9.17) is 9.47 Å². The summed E-state index contributed by atoms with van der Waals surface area (Å²) in [7, 11) is 0. The zero-order valence-corrected chi connectivity index (χ0v) is 15.6. The minimum Gasteiger partial charge on any atom is -0.478 e. The first-order valence-corrected chi connectivity index (χ1v) is 8.20. The number of hydrogen-bond donors (Lipinski definition) is 2. The predicted molar refractivity (Wildman–Crippen MR) is 99.7 cm³/mol. The van der Waals surface area contributed by atoms with Crippen LogP contribution in [0.5, 0.6) is 0 Å². The molecule has 0 heterocycles. The lowest BCUT2D eigenvalue weighted by atomic mass is 10.1.